The van der Waals surface area contributed by atoms with Gasteiger partial charge in [-0.1, -0.05) is 6.07 Å². The number of fused-ring (bicyclic) bond motifs is 1. The van der Waals surface area contributed by atoms with Gasteiger partial charge in [0.1, 0.15) is 17.4 Å². The van der Waals surface area contributed by atoms with Gasteiger partial charge in [-0.25, -0.2) is 18.0 Å². The van der Waals surface area contributed by atoms with Crippen LogP contribution in [-0.4, -0.2) is 45.0 Å². The average Bonchev–Trinajstić information content (AvgIpc) is 3.24. The molecule has 0 saturated carbocycles. The molecular weight excluding hydrogens is 373 g/mol. The molecule has 1 atom stereocenters. The minimum Gasteiger partial charge on any atom is -0.442 e. The quantitative estimate of drug-likeness (QED) is 0.660. The molecule has 0 unspecified atom stereocenters. The number of cyclic esters (lactones) is 1. The molecule has 1 aliphatic heterocycles. The van der Waals surface area contributed by atoms with Crippen molar-refractivity contribution in [1.82, 2.24) is 19.7 Å². The van der Waals surface area contributed by atoms with Crippen LogP contribution < -0.4 is 0 Å². The van der Waals surface area contributed by atoms with Crippen LogP contribution in [0.1, 0.15) is 18.9 Å². The molecule has 1 aromatic carbocycles. The minimum atomic E-state index is -2.90. The van der Waals surface area contributed by atoms with Gasteiger partial charge in [-0.3, -0.25) is 9.67 Å². The predicted octanol–water partition coefficient (Wildman–Crippen LogP) is 4.02. The predicted molar refractivity (Wildman–Crippen MR) is 95.4 cm³/mol. The van der Waals surface area contributed by atoms with E-state index in [0.29, 0.717) is 41.8 Å². The van der Waals surface area contributed by atoms with Gasteiger partial charge in [0.25, 0.3) is 6.43 Å². The van der Waals surface area contributed by atoms with Crippen molar-refractivity contribution in [2.24, 2.45) is 0 Å². The Morgan fingerprint density at radius 2 is 2.07 bits per heavy atom. The van der Waals surface area contributed by atoms with Gasteiger partial charge in [0.2, 0.25) is 0 Å². The van der Waals surface area contributed by atoms with Crippen molar-refractivity contribution in [2.45, 2.75) is 26.0 Å². The van der Waals surface area contributed by atoms with Crippen molar-refractivity contribution in [2.75, 3.05) is 13.1 Å². The zero-order chi connectivity index (χ0) is 19.8. The van der Waals surface area contributed by atoms with Gasteiger partial charge in [-0.15, -0.1) is 0 Å². The third-order valence-electron chi connectivity index (χ3n) is 4.77. The SMILES string of the molecule is CCN1C[C@@H](Cn2ncc3ncc(-c4ccc(F)c(C(F)F)c4)cc32)OC1=O. The second-order valence-corrected chi connectivity index (χ2v) is 6.54. The molecule has 4 rings (SSSR count). The zero-order valence-electron chi connectivity index (χ0n) is 15.0. The molecule has 3 heterocycles. The van der Waals surface area contributed by atoms with E-state index in [9.17, 15) is 18.0 Å². The lowest BCUT2D eigenvalue weighted by Crippen LogP contribution is -2.26. The molecule has 0 spiro atoms. The summed E-state index contributed by atoms with van der Waals surface area (Å²) in [5.41, 5.74) is 1.64. The Labute approximate surface area is 158 Å². The van der Waals surface area contributed by atoms with Crippen molar-refractivity contribution in [3.8, 4) is 11.1 Å². The number of hydrogen-bond acceptors (Lipinski definition) is 4. The smallest absolute Gasteiger partial charge is 0.410 e. The molecule has 0 radical (unpaired) electrons. The van der Waals surface area contributed by atoms with Gasteiger partial charge in [0.15, 0.2) is 0 Å². The number of halogens is 3. The first-order valence-corrected chi connectivity index (χ1v) is 8.81. The number of carbonyl (C=O) groups is 1. The molecule has 6 nitrogen and oxygen atoms in total. The van der Waals surface area contributed by atoms with E-state index < -0.39 is 17.8 Å². The number of ether oxygens (including phenoxy) is 1. The van der Waals surface area contributed by atoms with E-state index in [1.54, 1.807) is 21.8 Å². The number of amides is 1. The lowest BCUT2D eigenvalue weighted by Gasteiger charge is -2.11. The summed E-state index contributed by atoms with van der Waals surface area (Å²) < 4.78 is 46.6. The Bertz CT molecular complexity index is 1040. The largest absolute Gasteiger partial charge is 0.442 e. The second kappa shape index (κ2) is 7.14. The molecule has 9 heteroatoms. The van der Waals surface area contributed by atoms with Crippen molar-refractivity contribution in [1.29, 1.82) is 0 Å². The number of pyridine rings is 1. The fraction of sp³-hybridized carbons (Fsp3) is 0.316. The van der Waals surface area contributed by atoms with E-state index in [1.807, 2.05) is 6.92 Å². The van der Waals surface area contributed by atoms with E-state index in [0.717, 1.165) is 12.1 Å². The van der Waals surface area contributed by atoms with E-state index in [-0.39, 0.29) is 12.2 Å². The summed E-state index contributed by atoms with van der Waals surface area (Å²) >= 11 is 0. The topological polar surface area (TPSA) is 60.3 Å². The number of carbonyl (C=O) groups excluding carboxylic acids is 1. The van der Waals surface area contributed by atoms with Crippen molar-refractivity contribution >= 4 is 17.1 Å². The highest BCUT2D eigenvalue weighted by Gasteiger charge is 2.30. The zero-order valence-corrected chi connectivity index (χ0v) is 15.0. The van der Waals surface area contributed by atoms with Crippen LogP contribution >= 0.6 is 0 Å². The Balaban J connectivity index is 1.65. The van der Waals surface area contributed by atoms with Crippen molar-refractivity contribution in [3.63, 3.8) is 0 Å². The van der Waals surface area contributed by atoms with Crippen LogP contribution in [0.3, 0.4) is 0 Å². The maximum atomic E-state index is 13.6. The maximum Gasteiger partial charge on any atom is 0.410 e. The lowest BCUT2D eigenvalue weighted by molar-refractivity contribution is 0.124. The fourth-order valence-electron chi connectivity index (χ4n) is 3.27. The number of nitrogens with zero attached hydrogens (tertiary/aromatic N) is 4. The van der Waals surface area contributed by atoms with Gasteiger partial charge in [-0.05, 0) is 30.7 Å². The molecule has 0 aliphatic carbocycles. The highest BCUT2D eigenvalue weighted by atomic mass is 19.3. The normalized spacial score (nSPS) is 17.0. The minimum absolute atomic E-state index is 0.338. The van der Waals surface area contributed by atoms with Crippen LogP contribution in [0.5, 0.6) is 0 Å². The maximum absolute atomic E-state index is 13.6. The van der Waals surface area contributed by atoms with E-state index >= 15 is 0 Å². The van der Waals surface area contributed by atoms with Crippen LogP contribution in [0.4, 0.5) is 18.0 Å². The summed E-state index contributed by atoms with van der Waals surface area (Å²) in [4.78, 5) is 17.6. The summed E-state index contributed by atoms with van der Waals surface area (Å²) in [6, 6.07) is 5.34. The molecule has 146 valence electrons. The summed E-state index contributed by atoms with van der Waals surface area (Å²) in [6.07, 6.45) is -0.474. The molecule has 3 aromatic rings. The first-order chi connectivity index (χ1) is 13.5. The third-order valence-corrected chi connectivity index (χ3v) is 4.77. The highest BCUT2D eigenvalue weighted by molar-refractivity contribution is 5.80. The standard InChI is InChI=1S/C19H17F3N4O2/c1-2-25-9-13(28-19(25)27)10-26-17-6-12(7-23-16(17)8-24-26)11-3-4-15(20)14(5-11)18(21)22/h3-8,13,18H,2,9-10H2,1H3/t13-/m0/s1. The van der Waals surface area contributed by atoms with Gasteiger partial charge >= 0.3 is 6.09 Å². The Hall–Kier alpha value is -3.10. The monoisotopic (exact) mass is 390 g/mol. The first-order valence-electron chi connectivity index (χ1n) is 8.81. The van der Waals surface area contributed by atoms with Crippen LogP contribution in [0.2, 0.25) is 0 Å². The van der Waals surface area contributed by atoms with E-state index in [2.05, 4.69) is 10.1 Å². The lowest BCUT2D eigenvalue weighted by atomic mass is 10.0. The fourth-order valence-corrected chi connectivity index (χ4v) is 3.27. The van der Waals surface area contributed by atoms with Crippen LogP contribution in [0.15, 0.2) is 36.7 Å². The van der Waals surface area contributed by atoms with Gasteiger partial charge < -0.3 is 9.64 Å². The Morgan fingerprint density at radius 3 is 2.79 bits per heavy atom. The molecule has 1 aliphatic rings. The average molecular weight is 390 g/mol. The summed E-state index contributed by atoms with van der Waals surface area (Å²) in [7, 11) is 0. The van der Waals surface area contributed by atoms with Gasteiger partial charge in [0.05, 0.1) is 30.4 Å². The second-order valence-electron chi connectivity index (χ2n) is 6.54. The molecular formula is C19H17F3N4O2. The van der Waals surface area contributed by atoms with Crippen LogP contribution in [0, 0.1) is 5.82 Å². The molecule has 1 amide bonds. The van der Waals surface area contributed by atoms with Gasteiger partial charge in [0, 0.05) is 18.3 Å². The van der Waals surface area contributed by atoms with E-state index in [1.165, 1.54) is 12.3 Å². The summed E-state index contributed by atoms with van der Waals surface area (Å²) in [6.45, 7) is 3.26. The first kappa shape index (κ1) is 18.3. The molecule has 1 saturated heterocycles. The van der Waals surface area contributed by atoms with Gasteiger partial charge in [-0.2, -0.15) is 5.10 Å². The molecule has 2 aromatic heterocycles. The number of rotatable bonds is 5. The Morgan fingerprint density at radius 1 is 1.25 bits per heavy atom. The van der Waals surface area contributed by atoms with Crippen molar-refractivity contribution in [3.05, 3.63) is 48.0 Å². The summed E-state index contributed by atoms with van der Waals surface area (Å²) in [5.74, 6) is -0.943. The Kier molecular flexibility index (Phi) is 4.66. The molecule has 0 bridgehead atoms. The highest BCUT2D eigenvalue weighted by Crippen LogP contribution is 2.29. The van der Waals surface area contributed by atoms with Crippen LogP contribution in [-0.2, 0) is 11.3 Å². The summed E-state index contributed by atoms with van der Waals surface area (Å²) in [5, 5.41) is 4.29. The number of alkyl halides is 2. The van der Waals surface area contributed by atoms with E-state index in [4.69, 9.17) is 4.74 Å². The number of benzene rings is 1. The molecule has 0 N–H and O–H groups in total. The number of likely N-dealkylation sites (N-methyl/N-ethyl adjacent to an activating group) is 1. The number of hydrogen-bond donors (Lipinski definition) is 0. The molecule has 1 fully saturated rings. The molecule has 28 heavy (non-hydrogen) atoms. The van der Waals surface area contributed by atoms with Crippen LogP contribution in [0.25, 0.3) is 22.2 Å². The van der Waals surface area contributed by atoms with Crippen molar-refractivity contribution < 1.29 is 22.7 Å². The number of aromatic nitrogens is 3. The third kappa shape index (κ3) is 3.28.